The molecule has 14 nitrogen and oxygen atoms in total. The van der Waals surface area contributed by atoms with E-state index < -0.39 is 54.6 Å². The monoisotopic (exact) mass is 648 g/mol. The van der Waals surface area contributed by atoms with Gasteiger partial charge >= 0.3 is 22.5 Å². The first kappa shape index (κ1) is 27.9. The fraction of sp³-hybridized carbons (Fsp3) is 0. The van der Waals surface area contributed by atoms with Crippen LogP contribution in [0.2, 0.25) is 0 Å². The molecule has 8 rings (SSSR count). The molecular formula is C32H12N2O12S. The lowest BCUT2D eigenvalue weighted by atomic mass is 10.1. The van der Waals surface area contributed by atoms with Gasteiger partial charge in [-0.05, 0) is 72.8 Å². The molecule has 0 saturated carbocycles. The minimum absolute atomic E-state index is 0.0334. The van der Waals surface area contributed by atoms with Crippen molar-refractivity contribution in [2.24, 2.45) is 0 Å². The number of furan rings is 2. The van der Waals surface area contributed by atoms with Gasteiger partial charge in [0.15, 0.2) is 0 Å². The number of nitrogens with zero attached hydrogens (tertiary/aromatic N) is 2. The number of aromatic nitrogens is 2. The van der Waals surface area contributed by atoms with E-state index in [1.807, 2.05) is 0 Å². The zero-order chi connectivity index (χ0) is 33.1. The zero-order valence-corrected chi connectivity index (χ0v) is 23.9. The van der Waals surface area contributed by atoms with Gasteiger partial charge in [-0.3, -0.25) is 19.2 Å². The zero-order valence-electron chi connectivity index (χ0n) is 23.1. The maximum atomic E-state index is 13.4. The Hall–Kier alpha value is -6.61. The van der Waals surface area contributed by atoms with E-state index in [-0.39, 0.29) is 64.3 Å². The summed E-state index contributed by atoms with van der Waals surface area (Å²) in [4.78, 5) is 99.6. The van der Waals surface area contributed by atoms with Crippen LogP contribution in [0.25, 0.3) is 54.5 Å². The van der Waals surface area contributed by atoms with Gasteiger partial charge in [-0.25, -0.2) is 36.7 Å². The number of hydrogen-bond acceptors (Lipinski definition) is 12. The molecule has 4 aromatic heterocycles. The molecule has 0 saturated heterocycles. The molecular weight excluding hydrogens is 636 g/mol. The lowest BCUT2D eigenvalue weighted by Gasteiger charge is -2.08. The fourth-order valence-corrected chi connectivity index (χ4v) is 7.05. The quantitative estimate of drug-likeness (QED) is 0.256. The molecule has 0 atom stereocenters. The summed E-state index contributed by atoms with van der Waals surface area (Å²) in [5, 5.41) is -1.02. The van der Waals surface area contributed by atoms with Crippen LogP contribution < -0.4 is 44.7 Å². The summed E-state index contributed by atoms with van der Waals surface area (Å²) < 4.78 is 37.5. The molecule has 0 aliphatic heterocycles. The second-order valence-electron chi connectivity index (χ2n) is 10.6. The topological polar surface area (TPSA) is 207 Å². The van der Waals surface area contributed by atoms with Gasteiger partial charge in [0.2, 0.25) is 9.84 Å². The summed E-state index contributed by atoms with van der Waals surface area (Å²) in [5.74, 6) is 0. The molecule has 0 aliphatic carbocycles. The maximum absolute atomic E-state index is 13.4. The minimum atomic E-state index is -4.17. The van der Waals surface area contributed by atoms with Gasteiger partial charge in [-0.1, -0.05) is 0 Å². The third-order valence-corrected chi connectivity index (χ3v) is 9.90. The molecule has 4 heterocycles. The molecule has 0 radical (unpaired) electrons. The van der Waals surface area contributed by atoms with E-state index in [2.05, 4.69) is 8.83 Å². The summed E-state index contributed by atoms with van der Waals surface area (Å²) in [7, 11) is -4.17. The van der Waals surface area contributed by atoms with E-state index in [1.54, 1.807) is 0 Å². The van der Waals surface area contributed by atoms with Gasteiger partial charge < -0.3 is 8.83 Å². The number of benzene rings is 4. The van der Waals surface area contributed by atoms with Crippen molar-refractivity contribution >= 4 is 52.9 Å². The summed E-state index contributed by atoms with van der Waals surface area (Å²) in [6.07, 6.45) is 0. The molecule has 0 bridgehead atoms. The Bertz CT molecular complexity index is 2870. The largest absolute Gasteiger partial charge is 0.386 e. The van der Waals surface area contributed by atoms with Gasteiger partial charge in [0.25, 0.3) is 22.2 Å². The van der Waals surface area contributed by atoms with Crippen LogP contribution in [-0.4, -0.2) is 17.6 Å². The van der Waals surface area contributed by atoms with Gasteiger partial charge in [0.1, 0.15) is 0 Å². The number of rotatable bonds is 4. The molecule has 0 aliphatic rings. The molecule has 0 N–H and O–H groups in total. The number of hydrogen-bond donors (Lipinski definition) is 0. The highest BCUT2D eigenvalue weighted by Gasteiger charge is 2.23. The molecule has 0 unspecified atom stereocenters. The van der Waals surface area contributed by atoms with Crippen molar-refractivity contribution in [2.75, 3.05) is 0 Å². The van der Waals surface area contributed by atoms with Gasteiger partial charge in [-0.15, -0.1) is 0 Å². The highest BCUT2D eigenvalue weighted by molar-refractivity contribution is 7.91. The first-order chi connectivity index (χ1) is 22.4. The van der Waals surface area contributed by atoms with Crippen molar-refractivity contribution in [2.45, 2.75) is 9.79 Å². The van der Waals surface area contributed by atoms with E-state index in [9.17, 15) is 46.8 Å². The molecule has 228 valence electrons. The standard InChI is InChI=1S/C32H12N2O12S/c35-25-17-9-21-22(30(40)45-29(21)39)10-18(17)26(36)33(25)13-1-5-15(6-2-13)47(43,44)16-7-3-14(4-8-16)34-27(37)19-11-23-24(12-20(19)28(34)38)32(42)46-31(23)41/h1-12H. The molecule has 8 aromatic rings. The van der Waals surface area contributed by atoms with E-state index >= 15 is 0 Å². The molecule has 47 heavy (non-hydrogen) atoms. The van der Waals surface area contributed by atoms with Crippen LogP contribution in [-0.2, 0) is 9.84 Å². The average molecular weight is 649 g/mol. The minimum Gasteiger partial charge on any atom is -0.386 e. The summed E-state index contributed by atoms with van der Waals surface area (Å²) >= 11 is 0. The van der Waals surface area contributed by atoms with Crippen LogP contribution in [0.5, 0.6) is 0 Å². The number of sulfone groups is 1. The second kappa shape index (κ2) is 9.21. The van der Waals surface area contributed by atoms with Gasteiger partial charge in [0, 0.05) is 0 Å². The lowest BCUT2D eigenvalue weighted by molar-refractivity contribution is 0.499. The van der Waals surface area contributed by atoms with Gasteiger partial charge in [-0.2, -0.15) is 0 Å². The lowest BCUT2D eigenvalue weighted by Crippen LogP contribution is -2.23. The van der Waals surface area contributed by atoms with Crippen LogP contribution in [0.15, 0.2) is 130 Å². The Labute approximate surface area is 256 Å². The predicted molar refractivity (Wildman–Crippen MR) is 166 cm³/mol. The smallest absolute Gasteiger partial charge is 0.346 e. The van der Waals surface area contributed by atoms with Gasteiger partial charge in [0.05, 0.1) is 64.3 Å². The van der Waals surface area contributed by atoms with E-state index in [0.29, 0.717) is 0 Å². The second-order valence-corrected chi connectivity index (χ2v) is 12.6. The van der Waals surface area contributed by atoms with Crippen LogP contribution in [0.1, 0.15) is 0 Å². The molecule has 15 heteroatoms. The van der Waals surface area contributed by atoms with Crippen molar-refractivity contribution in [3.05, 3.63) is 156 Å². The Kier molecular flexibility index (Phi) is 5.47. The Balaban J connectivity index is 1.16. The summed E-state index contributed by atoms with van der Waals surface area (Å²) in [5.41, 5.74) is -6.81. The first-order valence-electron chi connectivity index (χ1n) is 13.5. The van der Waals surface area contributed by atoms with E-state index in [0.717, 1.165) is 33.4 Å². The first-order valence-corrected chi connectivity index (χ1v) is 15.0. The Morgan fingerprint density at radius 2 is 0.638 bits per heavy atom. The summed E-state index contributed by atoms with van der Waals surface area (Å²) in [6.45, 7) is 0. The molecule has 0 fully saturated rings. The van der Waals surface area contributed by atoms with E-state index in [1.165, 1.54) is 48.5 Å². The van der Waals surface area contributed by atoms with Crippen molar-refractivity contribution in [1.82, 2.24) is 9.13 Å². The normalized spacial score (nSPS) is 12.3. The average Bonchev–Trinajstić information content (AvgIpc) is 3.68. The van der Waals surface area contributed by atoms with Crippen LogP contribution in [0, 0.1) is 0 Å². The predicted octanol–water partition coefficient (Wildman–Crippen LogP) is 0.532. The highest BCUT2D eigenvalue weighted by Crippen LogP contribution is 2.24. The number of fused-ring (bicyclic) bond motifs is 4. The third kappa shape index (κ3) is 3.74. The molecule has 0 spiro atoms. The van der Waals surface area contributed by atoms with Crippen molar-refractivity contribution < 1.29 is 17.3 Å². The van der Waals surface area contributed by atoms with Crippen LogP contribution in [0.3, 0.4) is 0 Å². The maximum Gasteiger partial charge on any atom is 0.346 e. The van der Waals surface area contributed by atoms with Crippen molar-refractivity contribution in [3.8, 4) is 11.4 Å². The third-order valence-electron chi connectivity index (χ3n) is 8.11. The van der Waals surface area contributed by atoms with E-state index in [4.69, 9.17) is 0 Å². The van der Waals surface area contributed by atoms with Crippen molar-refractivity contribution in [1.29, 1.82) is 0 Å². The molecule has 4 aromatic carbocycles. The van der Waals surface area contributed by atoms with Crippen molar-refractivity contribution in [3.63, 3.8) is 0 Å². The SMILES string of the molecule is O=c1oc(=O)c2cc3c(=O)n(-c4ccc(S(=O)(=O)c5ccc(-n6c(=O)c7cc8c(=O)oc(=O)c8cc7c6=O)cc5)cc4)c(=O)c3cc12. The highest BCUT2D eigenvalue weighted by atomic mass is 32.2. The Morgan fingerprint density at radius 1 is 0.383 bits per heavy atom. The van der Waals surface area contributed by atoms with Crippen LogP contribution in [0.4, 0.5) is 0 Å². The summed E-state index contributed by atoms with van der Waals surface area (Å²) in [6, 6.07) is 14.2. The molecule has 0 amide bonds. The fourth-order valence-electron chi connectivity index (χ4n) is 5.79. The Morgan fingerprint density at radius 3 is 0.894 bits per heavy atom. The van der Waals surface area contributed by atoms with Crippen LogP contribution >= 0.6 is 0 Å².